The van der Waals surface area contributed by atoms with Crippen LogP contribution in [0.5, 0.6) is 11.5 Å². The Morgan fingerprint density at radius 1 is 1.00 bits per heavy atom. The summed E-state index contributed by atoms with van der Waals surface area (Å²) in [7, 11) is 3.26. The van der Waals surface area contributed by atoms with Gasteiger partial charge >= 0.3 is 0 Å². The highest BCUT2D eigenvalue weighted by Gasteiger charge is 2.05. The monoisotopic (exact) mass is 296 g/mol. The minimum Gasteiger partial charge on any atom is -0.497 e. The summed E-state index contributed by atoms with van der Waals surface area (Å²) in [5.74, 6) is 1.51. The quantitative estimate of drug-likeness (QED) is 0.803. The molecule has 0 fully saturated rings. The summed E-state index contributed by atoms with van der Waals surface area (Å²) in [6.45, 7) is 0. The van der Waals surface area contributed by atoms with Crippen molar-refractivity contribution in [2.45, 2.75) is 6.42 Å². The summed E-state index contributed by atoms with van der Waals surface area (Å²) in [5, 5.41) is 0. The number of aromatic nitrogens is 2. The van der Waals surface area contributed by atoms with Gasteiger partial charge in [0.05, 0.1) is 31.4 Å². The van der Waals surface area contributed by atoms with Crippen molar-refractivity contribution in [3.63, 3.8) is 0 Å². The van der Waals surface area contributed by atoms with Gasteiger partial charge in [-0.25, -0.2) is 4.98 Å². The van der Waals surface area contributed by atoms with Gasteiger partial charge in [0, 0.05) is 6.07 Å². The number of fused-ring (bicyclic) bond motifs is 1. The Hall–Kier alpha value is -2.82. The number of methoxy groups -OCH3 is 2. The molecule has 0 unspecified atom stereocenters. The Kier molecular flexibility index (Phi) is 3.78. The SMILES string of the molecule is COc1cc(Cc2ccc3ncc(=O)[nH]c3c2)cc(OC)c1. The second kappa shape index (κ2) is 5.89. The van der Waals surface area contributed by atoms with E-state index in [-0.39, 0.29) is 5.56 Å². The largest absolute Gasteiger partial charge is 0.497 e. The number of nitrogens with one attached hydrogen (secondary N) is 1. The van der Waals surface area contributed by atoms with E-state index >= 15 is 0 Å². The zero-order chi connectivity index (χ0) is 15.5. The first-order valence-electron chi connectivity index (χ1n) is 6.88. The smallest absolute Gasteiger partial charge is 0.266 e. The lowest BCUT2D eigenvalue weighted by molar-refractivity contribution is 0.393. The molecule has 0 saturated heterocycles. The van der Waals surface area contributed by atoms with E-state index in [0.29, 0.717) is 6.42 Å². The summed E-state index contributed by atoms with van der Waals surface area (Å²) < 4.78 is 10.6. The molecule has 0 saturated carbocycles. The second-order valence-corrected chi connectivity index (χ2v) is 5.00. The summed E-state index contributed by atoms with van der Waals surface area (Å²) in [5.41, 5.74) is 3.45. The fraction of sp³-hybridized carbons (Fsp3) is 0.176. The van der Waals surface area contributed by atoms with Crippen LogP contribution in [0.1, 0.15) is 11.1 Å². The maximum atomic E-state index is 11.4. The molecule has 1 N–H and O–H groups in total. The van der Waals surface area contributed by atoms with E-state index in [1.807, 2.05) is 36.4 Å². The predicted molar refractivity (Wildman–Crippen MR) is 84.7 cm³/mol. The molecule has 22 heavy (non-hydrogen) atoms. The molecule has 1 aromatic heterocycles. The van der Waals surface area contributed by atoms with Crippen LogP contribution in [-0.4, -0.2) is 24.2 Å². The first-order chi connectivity index (χ1) is 10.7. The summed E-state index contributed by atoms with van der Waals surface area (Å²) in [6, 6.07) is 11.6. The maximum Gasteiger partial charge on any atom is 0.266 e. The van der Waals surface area contributed by atoms with Gasteiger partial charge in [0.15, 0.2) is 0 Å². The number of H-pyrrole nitrogens is 1. The molecule has 3 aromatic rings. The fourth-order valence-corrected chi connectivity index (χ4v) is 2.40. The Bertz CT molecular complexity index is 849. The van der Waals surface area contributed by atoms with E-state index in [1.165, 1.54) is 6.20 Å². The molecule has 5 nitrogen and oxygen atoms in total. The van der Waals surface area contributed by atoms with E-state index in [9.17, 15) is 4.79 Å². The van der Waals surface area contributed by atoms with Crippen LogP contribution in [0, 0.1) is 0 Å². The fourth-order valence-electron chi connectivity index (χ4n) is 2.40. The number of ether oxygens (including phenoxy) is 2. The van der Waals surface area contributed by atoms with Gasteiger partial charge in [-0.1, -0.05) is 6.07 Å². The molecular weight excluding hydrogens is 280 g/mol. The van der Waals surface area contributed by atoms with Crippen molar-refractivity contribution < 1.29 is 9.47 Å². The highest BCUT2D eigenvalue weighted by atomic mass is 16.5. The number of hydrogen-bond acceptors (Lipinski definition) is 4. The Morgan fingerprint density at radius 3 is 2.41 bits per heavy atom. The zero-order valence-corrected chi connectivity index (χ0v) is 12.4. The summed E-state index contributed by atoms with van der Waals surface area (Å²) >= 11 is 0. The third-order valence-corrected chi connectivity index (χ3v) is 3.46. The topological polar surface area (TPSA) is 64.2 Å². The van der Waals surface area contributed by atoms with Gasteiger partial charge < -0.3 is 14.5 Å². The summed E-state index contributed by atoms with van der Waals surface area (Å²) in [6.07, 6.45) is 2.00. The van der Waals surface area contributed by atoms with Crippen molar-refractivity contribution in [2.24, 2.45) is 0 Å². The van der Waals surface area contributed by atoms with Gasteiger partial charge in [0.2, 0.25) is 0 Å². The molecule has 0 aliphatic rings. The lowest BCUT2D eigenvalue weighted by Gasteiger charge is -2.09. The highest BCUT2D eigenvalue weighted by Crippen LogP contribution is 2.24. The molecule has 0 radical (unpaired) electrons. The van der Waals surface area contributed by atoms with Crippen molar-refractivity contribution in [3.8, 4) is 11.5 Å². The minimum absolute atomic E-state index is 0.201. The van der Waals surface area contributed by atoms with E-state index in [1.54, 1.807) is 14.2 Å². The van der Waals surface area contributed by atoms with Crippen molar-refractivity contribution in [3.05, 3.63) is 64.1 Å². The maximum absolute atomic E-state index is 11.4. The summed E-state index contributed by atoms with van der Waals surface area (Å²) in [4.78, 5) is 18.3. The molecular formula is C17H16N2O3. The first-order valence-corrected chi connectivity index (χ1v) is 6.88. The van der Waals surface area contributed by atoms with E-state index < -0.39 is 0 Å². The normalized spacial score (nSPS) is 10.6. The van der Waals surface area contributed by atoms with E-state index in [0.717, 1.165) is 33.7 Å². The van der Waals surface area contributed by atoms with Gasteiger partial charge in [0.1, 0.15) is 11.5 Å². The van der Waals surface area contributed by atoms with Gasteiger partial charge in [-0.3, -0.25) is 4.79 Å². The van der Waals surface area contributed by atoms with E-state index in [4.69, 9.17) is 9.47 Å². The van der Waals surface area contributed by atoms with Crippen LogP contribution in [-0.2, 0) is 6.42 Å². The Morgan fingerprint density at radius 2 is 1.73 bits per heavy atom. The van der Waals surface area contributed by atoms with Gasteiger partial charge in [-0.15, -0.1) is 0 Å². The van der Waals surface area contributed by atoms with Gasteiger partial charge in [-0.05, 0) is 41.8 Å². The van der Waals surface area contributed by atoms with Gasteiger partial charge in [-0.2, -0.15) is 0 Å². The third-order valence-electron chi connectivity index (χ3n) is 3.46. The third kappa shape index (κ3) is 2.93. The number of aromatic amines is 1. The van der Waals surface area contributed by atoms with Crippen LogP contribution >= 0.6 is 0 Å². The molecule has 0 aliphatic carbocycles. The molecule has 0 spiro atoms. The predicted octanol–water partition coefficient (Wildman–Crippen LogP) is 2.53. The van der Waals surface area contributed by atoms with Crippen LogP contribution < -0.4 is 15.0 Å². The van der Waals surface area contributed by atoms with Crippen molar-refractivity contribution >= 4 is 11.0 Å². The lowest BCUT2D eigenvalue weighted by atomic mass is 10.0. The van der Waals surface area contributed by atoms with Crippen LogP contribution in [0.2, 0.25) is 0 Å². The van der Waals surface area contributed by atoms with Crippen molar-refractivity contribution in [2.75, 3.05) is 14.2 Å². The number of rotatable bonds is 4. The number of hydrogen-bond donors (Lipinski definition) is 1. The number of nitrogens with zero attached hydrogens (tertiary/aromatic N) is 1. The molecule has 1 heterocycles. The minimum atomic E-state index is -0.201. The molecule has 112 valence electrons. The van der Waals surface area contributed by atoms with E-state index in [2.05, 4.69) is 9.97 Å². The molecule has 0 aliphatic heterocycles. The van der Waals surface area contributed by atoms with Crippen LogP contribution in [0.3, 0.4) is 0 Å². The van der Waals surface area contributed by atoms with Crippen molar-refractivity contribution in [1.29, 1.82) is 0 Å². The van der Waals surface area contributed by atoms with Crippen LogP contribution in [0.4, 0.5) is 0 Å². The number of benzene rings is 2. The van der Waals surface area contributed by atoms with Crippen LogP contribution in [0.25, 0.3) is 11.0 Å². The van der Waals surface area contributed by atoms with Gasteiger partial charge in [0.25, 0.3) is 5.56 Å². The average Bonchev–Trinajstić information content (AvgIpc) is 2.54. The van der Waals surface area contributed by atoms with Crippen molar-refractivity contribution in [1.82, 2.24) is 9.97 Å². The lowest BCUT2D eigenvalue weighted by Crippen LogP contribution is -2.05. The molecule has 2 aromatic carbocycles. The molecule has 0 amide bonds. The standard InChI is InChI=1S/C17H16N2O3/c1-21-13-6-12(7-14(9-13)22-2)5-11-3-4-15-16(8-11)19-17(20)10-18-15/h3-4,6-10H,5H2,1-2H3,(H,19,20). The Balaban J connectivity index is 1.97. The zero-order valence-electron chi connectivity index (χ0n) is 12.4. The molecule has 5 heteroatoms. The second-order valence-electron chi connectivity index (χ2n) is 5.00. The van der Waals surface area contributed by atoms with Crippen LogP contribution in [0.15, 0.2) is 47.4 Å². The molecule has 3 rings (SSSR count). The highest BCUT2D eigenvalue weighted by molar-refractivity contribution is 5.74. The molecule has 0 atom stereocenters. The molecule has 0 bridgehead atoms. The average molecular weight is 296 g/mol. The first kappa shape index (κ1) is 14.1. The Labute approximate surface area is 127 Å².